The van der Waals surface area contributed by atoms with Gasteiger partial charge in [0.1, 0.15) is 12.0 Å². The monoisotopic (exact) mass is 189 g/mol. The lowest BCUT2D eigenvalue weighted by molar-refractivity contribution is -0.0876. The van der Waals surface area contributed by atoms with Crippen molar-refractivity contribution >= 4 is 11.0 Å². The van der Waals surface area contributed by atoms with Gasteiger partial charge in [-0.1, -0.05) is 0 Å². The quantitative estimate of drug-likeness (QED) is 0.676. The largest absolute Gasteiger partial charge is 0.376 e. The third-order valence-electron chi connectivity index (χ3n) is 2.76. The van der Waals surface area contributed by atoms with E-state index in [1.54, 1.807) is 6.33 Å². The molecule has 2 aromatic rings. The Labute approximate surface area is 81.5 Å². The van der Waals surface area contributed by atoms with E-state index < -0.39 is 0 Å². The molecule has 1 aliphatic heterocycles. The Bertz CT molecular complexity index is 473. The van der Waals surface area contributed by atoms with Gasteiger partial charge in [0.05, 0.1) is 18.8 Å². The second-order valence-corrected chi connectivity index (χ2v) is 3.98. The molecule has 0 unspecified atom stereocenters. The first kappa shape index (κ1) is 7.94. The zero-order valence-electron chi connectivity index (χ0n) is 7.97. The van der Waals surface area contributed by atoms with Crippen LogP contribution in [0.1, 0.15) is 6.92 Å². The molecule has 0 amide bonds. The molecule has 1 fully saturated rings. The van der Waals surface area contributed by atoms with Crippen molar-refractivity contribution in [1.29, 1.82) is 0 Å². The molecular weight excluding hydrogens is 178 g/mol. The first-order chi connectivity index (χ1) is 6.80. The molecule has 0 aliphatic carbocycles. The van der Waals surface area contributed by atoms with Crippen LogP contribution in [0.25, 0.3) is 11.0 Å². The van der Waals surface area contributed by atoms with Crippen molar-refractivity contribution in [2.24, 2.45) is 0 Å². The Kier molecular flexibility index (Phi) is 1.44. The van der Waals surface area contributed by atoms with E-state index in [1.807, 2.05) is 12.3 Å². The van der Waals surface area contributed by atoms with Gasteiger partial charge < -0.3 is 9.30 Å². The predicted octanol–water partition coefficient (Wildman–Crippen LogP) is 1.18. The first-order valence-corrected chi connectivity index (χ1v) is 4.65. The molecule has 0 spiro atoms. The number of ether oxygens (including phenoxy) is 1. The molecule has 0 N–H and O–H groups in total. The summed E-state index contributed by atoms with van der Waals surface area (Å²) < 4.78 is 7.42. The lowest BCUT2D eigenvalue weighted by atomic mass is 10.0. The van der Waals surface area contributed by atoms with E-state index >= 15 is 0 Å². The van der Waals surface area contributed by atoms with Crippen LogP contribution in [0.2, 0.25) is 0 Å². The van der Waals surface area contributed by atoms with Crippen LogP contribution in [0.3, 0.4) is 0 Å². The number of aromatic nitrogens is 3. The second-order valence-electron chi connectivity index (χ2n) is 3.98. The molecule has 0 atom stereocenters. The van der Waals surface area contributed by atoms with Crippen LogP contribution < -0.4 is 0 Å². The molecule has 1 aliphatic rings. The van der Waals surface area contributed by atoms with Gasteiger partial charge in [0.2, 0.25) is 0 Å². The smallest absolute Gasteiger partial charge is 0.143 e. The zero-order valence-corrected chi connectivity index (χ0v) is 7.97. The van der Waals surface area contributed by atoms with Gasteiger partial charge in [0, 0.05) is 17.8 Å². The normalized spacial score (nSPS) is 19.5. The van der Waals surface area contributed by atoms with Crippen LogP contribution in [0, 0.1) is 0 Å². The number of rotatable bonds is 1. The van der Waals surface area contributed by atoms with Crippen LogP contribution in [0.4, 0.5) is 0 Å². The summed E-state index contributed by atoms with van der Waals surface area (Å²) in [7, 11) is 0. The molecule has 0 aromatic carbocycles. The first-order valence-electron chi connectivity index (χ1n) is 4.65. The van der Waals surface area contributed by atoms with Crippen LogP contribution >= 0.6 is 0 Å². The Morgan fingerprint density at radius 1 is 1.50 bits per heavy atom. The van der Waals surface area contributed by atoms with Gasteiger partial charge in [-0.2, -0.15) is 0 Å². The molecular formula is C10H11N3O. The third-order valence-corrected chi connectivity index (χ3v) is 2.76. The molecule has 2 aromatic heterocycles. The molecule has 1 saturated heterocycles. The second kappa shape index (κ2) is 2.54. The molecule has 0 saturated carbocycles. The lowest BCUT2D eigenvalue weighted by Gasteiger charge is -2.39. The van der Waals surface area contributed by atoms with Gasteiger partial charge in [-0.05, 0) is 13.0 Å². The van der Waals surface area contributed by atoms with Crippen molar-refractivity contribution in [3.63, 3.8) is 0 Å². The number of nitrogens with zero attached hydrogens (tertiary/aromatic N) is 3. The van der Waals surface area contributed by atoms with Crippen molar-refractivity contribution in [2.75, 3.05) is 13.2 Å². The summed E-state index contributed by atoms with van der Waals surface area (Å²) in [5, 5.41) is 1.08. The Morgan fingerprint density at radius 2 is 2.36 bits per heavy atom. The van der Waals surface area contributed by atoms with Crippen molar-refractivity contribution in [3.8, 4) is 0 Å². The summed E-state index contributed by atoms with van der Waals surface area (Å²) in [6, 6.07) is 2.04. The maximum atomic E-state index is 5.25. The van der Waals surface area contributed by atoms with Crippen molar-refractivity contribution in [3.05, 3.63) is 24.8 Å². The van der Waals surface area contributed by atoms with Gasteiger partial charge in [-0.25, -0.2) is 9.97 Å². The van der Waals surface area contributed by atoms with E-state index in [1.165, 1.54) is 0 Å². The lowest BCUT2D eigenvalue weighted by Crippen LogP contribution is -2.48. The van der Waals surface area contributed by atoms with Crippen molar-refractivity contribution in [2.45, 2.75) is 12.5 Å². The van der Waals surface area contributed by atoms with E-state index in [0.717, 1.165) is 24.2 Å². The summed E-state index contributed by atoms with van der Waals surface area (Å²) in [6.45, 7) is 3.71. The molecule has 4 nitrogen and oxygen atoms in total. The van der Waals surface area contributed by atoms with Crippen LogP contribution in [-0.2, 0) is 10.3 Å². The molecule has 14 heavy (non-hydrogen) atoms. The van der Waals surface area contributed by atoms with Crippen LogP contribution in [0.15, 0.2) is 24.8 Å². The Hall–Kier alpha value is -1.42. The Morgan fingerprint density at radius 3 is 3.07 bits per heavy atom. The fourth-order valence-corrected chi connectivity index (χ4v) is 1.85. The van der Waals surface area contributed by atoms with Crippen LogP contribution in [-0.4, -0.2) is 27.7 Å². The highest BCUT2D eigenvalue weighted by Gasteiger charge is 2.36. The van der Waals surface area contributed by atoms with Gasteiger partial charge in [-0.3, -0.25) is 0 Å². The van der Waals surface area contributed by atoms with E-state index in [2.05, 4.69) is 27.7 Å². The van der Waals surface area contributed by atoms with Crippen LogP contribution in [0.5, 0.6) is 0 Å². The maximum absolute atomic E-state index is 5.25. The molecule has 0 bridgehead atoms. The summed E-state index contributed by atoms with van der Waals surface area (Å²) in [6.07, 6.45) is 5.48. The zero-order chi connectivity index (χ0) is 9.60. The fraction of sp³-hybridized carbons (Fsp3) is 0.400. The van der Waals surface area contributed by atoms with E-state index in [0.29, 0.717) is 0 Å². The fourth-order valence-electron chi connectivity index (χ4n) is 1.85. The number of fused-ring (bicyclic) bond motifs is 1. The summed E-state index contributed by atoms with van der Waals surface area (Å²) in [4.78, 5) is 8.28. The topological polar surface area (TPSA) is 39.9 Å². The third kappa shape index (κ3) is 0.915. The highest BCUT2D eigenvalue weighted by molar-refractivity contribution is 5.75. The van der Waals surface area contributed by atoms with Gasteiger partial charge >= 0.3 is 0 Å². The minimum absolute atomic E-state index is 0.0795. The van der Waals surface area contributed by atoms with Crippen molar-refractivity contribution in [1.82, 2.24) is 14.5 Å². The maximum Gasteiger partial charge on any atom is 0.143 e. The summed E-state index contributed by atoms with van der Waals surface area (Å²) >= 11 is 0. The molecule has 72 valence electrons. The summed E-state index contributed by atoms with van der Waals surface area (Å²) in [5.41, 5.74) is 1.07. The predicted molar refractivity (Wildman–Crippen MR) is 52.0 cm³/mol. The average Bonchev–Trinajstić information content (AvgIpc) is 2.58. The van der Waals surface area contributed by atoms with Crippen molar-refractivity contribution < 1.29 is 4.74 Å². The van der Waals surface area contributed by atoms with Gasteiger partial charge in [0.15, 0.2) is 0 Å². The number of hydrogen-bond donors (Lipinski definition) is 0. The van der Waals surface area contributed by atoms with Gasteiger partial charge in [-0.15, -0.1) is 0 Å². The molecule has 3 heterocycles. The highest BCUT2D eigenvalue weighted by Crippen LogP contribution is 2.28. The molecule has 3 rings (SSSR count). The Balaban J connectivity index is 2.22. The van der Waals surface area contributed by atoms with Gasteiger partial charge in [0.25, 0.3) is 0 Å². The highest BCUT2D eigenvalue weighted by atomic mass is 16.5. The molecule has 4 heteroatoms. The minimum Gasteiger partial charge on any atom is -0.376 e. The van der Waals surface area contributed by atoms with E-state index in [4.69, 9.17) is 4.74 Å². The van der Waals surface area contributed by atoms with E-state index in [-0.39, 0.29) is 5.54 Å². The summed E-state index contributed by atoms with van der Waals surface area (Å²) in [5.74, 6) is 0. The SMILES string of the molecule is CC1(n2ccc3cncnc32)COC1. The van der Waals surface area contributed by atoms with E-state index in [9.17, 15) is 0 Å². The standard InChI is InChI=1S/C10H11N3O/c1-10(5-14-6-10)13-3-2-8-4-11-7-12-9(8)13/h2-4,7H,5-6H2,1H3. The minimum atomic E-state index is 0.0795. The molecule has 0 radical (unpaired) electrons. The number of hydrogen-bond acceptors (Lipinski definition) is 3. The average molecular weight is 189 g/mol.